The molecule has 6 heteroatoms. The Balaban J connectivity index is 2.31. The first-order chi connectivity index (χ1) is 9.36. The van der Waals surface area contributed by atoms with Gasteiger partial charge in [-0.2, -0.15) is 0 Å². The minimum absolute atomic E-state index is 0.265. The zero-order valence-corrected chi connectivity index (χ0v) is 12.7. The summed E-state index contributed by atoms with van der Waals surface area (Å²) >= 11 is 0. The Hall–Kier alpha value is -0.980. The Kier molecular flexibility index (Phi) is 4.46. The molecule has 0 unspecified atom stereocenters. The molecule has 1 aliphatic rings. The van der Waals surface area contributed by atoms with Crippen LogP contribution in [0.4, 0.5) is 4.39 Å². The van der Waals surface area contributed by atoms with E-state index in [-0.39, 0.29) is 4.90 Å². The maximum absolute atomic E-state index is 13.9. The fraction of sp³-hybridized carbons (Fsp3) is 0.571. The monoisotopic (exact) mass is 300 g/mol. The van der Waals surface area contributed by atoms with Gasteiger partial charge in [-0.15, -0.1) is 0 Å². The van der Waals surface area contributed by atoms with Crippen molar-refractivity contribution in [3.8, 4) is 0 Å². The van der Waals surface area contributed by atoms with Crippen molar-refractivity contribution in [2.75, 3.05) is 7.05 Å². The molecule has 0 aromatic heterocycles. The van der Waals surface area contributed by atoms with Crippen LogP contribution in [-0.2, 0) is 16.6 Å². The van der Waals surface area contributed by atoms with Crippen LogP contribution in [-0.4, -0.2) is 21.0 Å². The van der Waals surface area contributed by atoms with Crippen LogP contribution in [0, 0.1) is 5.82 Å². The second kappa shape index (κ2) is 5.79. The quantitative estimate of drug-likeness (QED) is 0.876. The van der Waals surface area contributed by atoms with Crippen LogP contribution in [0.5, 0.6) is 0 Å². The van der Waals surface area contributed by atoms with Gasteiger partial charge in [-0.25, -0.2) is 17.5 Å². The predicted octanol–water partition coefficient (Wildman–Crippen LogP) is 2.16. The minimum Gasteiger partial charge on any atom is -0.316 e. The molecule has 0 aliphatic heterocycles. The summed E-state index contributed by atoms with van der Waals surface area (Å²) in [5, 5.41) is 2.93. The van der Waals surface area contributed by atoms with Gasteiger partial charge in [-0.1, -0.05) is 18.9 Å². The molecule has 1 aromatic rings. The lowest BCUT2D eigenvalue weighted by Gasteiger charge is -2.25. The lowest BCUT2D eigenvalue weighted by molar-refractivity contribution is 0.425. The first-order valence-electron chi connectivity index (χ1n) is 6.83. The van der Waals surface area contributed by atoms with E-state index in [0.29, 0.717) is 6.54 Å². The largest absolute Gasteiger partial charge is 0.316 e. The van der Waals surface area contributed by atoms with Crippen LogP contribution in [0.15, 0.2) is 23.1 Å². The van der Waals surface area contributed by atoms with Gasteiger partial charge in [-0.3, -0.25) is 0 Å². The van der Waals surface area contributed by atoms with Gasteiger partial charge >= 0.3 is 0 Å². The van der Waals surface area contributed by atoms with Crippen molar-refractivity contribution < 1.29 is 12.8 Å². The van der Waals surface area contributed by atoms with Crippen molar-refractivity contribution >= 4 is 10.0 Å². The molecule has 0 spiro atoms. The number of nitrogens with one attached hydrogen (secondary N) is 2. The van der Waals surface area contributed by atoms with E-state index in [1.54, 1.807) is 13.1 Å². The maximum atomic E-state index is 13.9. The number of hydrogen-bond donors (Lipinski definition) is 2. The summed E-state index contributed by atoms with van der Waals surface area (Å²) in [7, 11) is -2.07. The predicted molar refractivity (Wildman–Crippen MR) is 76.4 cm³/mol. The third-order valence-electron chi connectivity index (χ3n) is 3.75. The van der Waals surface area contributed by atoms with Crippen molar-refractivity contribution in [1.29, 1.82) is 0 Å². The van der Waals surface area contributed by atoms with Crippen LogP contribution in [0.3, 0.4) is 0 Å². The molecule has 20 heavy (non-hydrogen) atoms. The Morgan fingerprint density at radius 3 is 2.55 bits per heavy atom. The normalized spacial score (nSPS) is 18.4. The van der Waals surface area contributed by atoms with Gasteiger partial charge in [0, 0.05) is 12.1 Å². The fourth-order valence-electron chi connectivity index (χ4n) is 2.70. The summed E-state index contributed by atoms with van der Waals surface area (Å²) < 4.78 is 41.3. The summed E-state index contributed by atoms with van der Waals surface area (Å²) in [4.78, 5) is -0.265. The van der Waals surface area contributed by atoms with Crippen LogP contribution >= 0.6 is 0 Å². The number of benzene rings is 1. The van der Waals surface area contributed by atoms with Crippen LogP contribution in [0.1, 0.15) is 38.2 Å². The summed E-state index contributed by atoms with van der Waals surface area (Å²) in [6, 6.07) is 4.19. The second-order valence-electron chi connectivity index (χ2n) is 5.67. The molecule has 1 aromatic carbocycles. The summed E-state index contributed by atoms with van der Waals surface area (Å²) in [6.45, 7) is 2.38. The molecular weight excluding hydrogens is 279 g/mol. The maximum Gasteiger partial charge on any atom is 0.243 e. The van der Waals surface area contributed by atoms with Gasteiger partial charge in [0.1, 0.15) is 10.7 Å². The lowest BCUT2D eigenvalue weighted by atomic mass is 10.0. The highest BCUT2D eigenvalue weighted by atomic mass is 32.2. The summed E-state index contributed by atoms with van der Waals surface area (Å²) in [6.07, 6.45) is 3.59. The molecule has 0 atom stereocenters. The zero-order chi connectivity index (χ0) is 14.8. The van der Waals surface area contributed by atoms with Gasteiger partial charge in [0.15, 0.2) is 0 Å². The SMILES string of the molecule is CNCc1ccc(F)c(S(=O)(=O)NC2(C)CCCC2)c1. The summed E-state index contributed by atoms with van der Waals surface area (Å²) in [5.41, 5.74) is 0.287. The number of rotatable bonds is 5. The third-order valence-corrected chi connectivity index (χ3v) is 5.41. The molecule has 2 rings (SSSR count). The molecule has 0 radical (unpaired) electrons. The van der Waals surface area contributed by atoms with E-state index in [1.165, 1.54) is 12.1 Å². The van der Waals surface area contributed by atoms with Gasteiger partial charge in [0.25, 0.3) is 0 Å². The van der Waals surface area contributed by atoms with E-state index >= 15 is 0 Å². The molecule has 0 amide bonds. The van der Waals surface area contributed by atoms with Crippen molar-refractivity contribution in [1.82, 2.24) is 10.0 Å². The van der Waals surface area contributed by atoms with Crippen LogP contribution in [0.25, 0.3) is 0 Å². The van der Waals surface area contributed by atoms with E-state index in [0.717, 1.165) is 31.2 Å². The molecule has 112 valence electrons. The average molecular weight is 300 g/mol. The van der Waals surface area contributed by atoms with E-state index in [2.05, 4.69) is 10.0 Å². The zero-order valence-electron chi connectivity index (χ0n) is 11.9. The molecule has 1 fully saturated rings. The number of halogens is 1. The second-order valence-corrected chi connectivity index (χ2v) is 7.32. The standard InChI is InChI=1S/C14H21FN2O2S/c1-14(7-3-4-8-14)17-20(18,19)13-9-11(10-16-2)5-6-12(13)15/h5-6,9,16-17H,3-4,7-8,10H2,1-2H3. The first kappa shape index (κ1) is 15.4. The van der Waals surface area contributed by atoms with Gasteiger partial charge in [0.05, 0.1) is 0 Å². The van der Waals surface area contributed by atoms with Crippen molar-refractivity contribution in [3.05, 3.63) is 29.6 Å². The van der Waals surface area contributed by atoms with E-state index < -0.39 is 21.4 Å². The minimum atomic E-state index is -3.83. The number of sulfonamides is 1. The highest BCUT2D eigenvalue weighted by molar-refractivity contribution is 7.89. The van der Waals surface area contributed by atoms with Crippen LogP contribution in [0.2, 0.25) is 0 Å². The molecular formula is C14H21FN2O2S. The molecule has 1 aliphatic carbocycles. The molecule has 4 nitrogen and oxygen atoms in total. The molecule has 0 saturated heterocycles. The Labute approximate surface area is 119 Å². The Bertz CT molecular complexity index is 581. The van der Waals surface area contributed by atoms with E-state index in [1.807, 2.05) is 6.92 Å². The molecule has 0 bridgehead atoms. The molecule has 2 N–H and O–H groups in total. The smallest absolute Gasteiger partial charge is 0.243 e. The Morgan fingerprint density at radius 2 is 1.95 bits per heavy atom. The van der Waals surface area contributed by atoms with Crippen molar-refractivity contribution in [2.24, 2.45) is 0 Å². The van der Waals surface area contributed by atoms with Gasteiger partial charge in [-0.05, 0) is 44.5 Å². The molecule has 0 heterocycles. The van der Waals surface area contributed by atoms with E-state index in [9.17, 15) is 12.8 Å². The fourth-order valence-corrected chi connectivity index (χ4v) is 4.30. The average Bonchev–Trinajstić information content (AvgIpc) is 2.77. The van der Waals surface area contributed by atoms with Gasteiger partial charge < -0.3 is 5.32 Å². The third kappa shape index (κ3) is 3.37. The van der Waals surface area contributed by atoms with E-state index in [4.69, 9.17) is 0 Å². The number of hydrogen-bond acceptors (Lipinski definition) is 3. The highest BCUT2D eigenvalue weighted by Gasteiger charge is 2.34. The van der Waals surface area contributed by atoms with Crippen LogP contribution < -0.4 is 10.0 Å². The Morgan fingerprint density at radius 1 is 1.30 bits per heavy atom. The van der Waals surface area contributed by atoms with Gasteiger partial charge in [0.2, 0.25) is 10.0 Å². The lowest BCUT2D eigenvalue weighted by Crippen LogP contribution is -2.43. The van der Waals surface area contributed by atoms with Crippen molar-refractivity contribution in [2.45, 2.75) is 49.6 Å². The highest BCUT2D eigenvalue weighted by Crippen LogP contribution is 2.31. The first-order valence-corrected chi connectivity index (χ1v) is 8.32. The summed E-state index contributed by atoms with van der Waals surface area (Å²) in [5.74, 6) is -0.709. The topological polar surface area (TPSA) is 58.2 Å². The van der Waals surface area contributed by atoms with Crippen molar-refractivity contribution in [3.63, 3.8) is 0 Å². The molecule has 1 saturated carbocycles.